The monoisotopic (exact) mass is 388 g/mol. The van der Waals surface area contributed by atoms with Crippen LogP contribution in [0, 0.1) is 11.7 Å². The molecule has 1 saturated heterocycles. The third-order valence-electron chi connectivity index (χ3n) is 5.10. The van der Waals surface area contributed by atoms with Gasteiger partial charge in [0.25, 0.3) is 0 Å². The van der Waals surface area contributed by atoms with E-state index in [0.717, 1.165) is 37.7 Å². The van der Waals surface area contributed by atoms with Gasteiger partial charge in [-0.2, -0.15) is 0 Å². The van der Waals surface area contributed by atoms with E-state index in [4.69, 9.17) is 0 Å². The summed E-state index contributed by atoms with van der Waals surface area (Å²) in [5.41, 5.74) is 0.947. The van der Waals surface area contributed by atoms with Gasteiger partial charge < -0.3 is 10.2 Å². The molecule has 2 heterocycles. The third-order valence-corrected chi connectivity index (χ3v) is 5.96. The van der Waals surface area contributed by atoms with E-state index in [1.807, 2.05) is 29.4 Å². The zero-order valence-electron chi connectivity index (χ0n) is 16.2. The Morgan fingerprint density at radius 1 is 1.30 bits per heavy atom. The minimum absolute atomic E-state index is 0.196. The Balaban J connectivity index is 1.42. The van der Waals surface area contributed by atoms with Crippen molar-refractivity contribution >= 4 is 17.3 Å². The van der Waals surface area contributed by atoms with E-state index in [2.05, 4.69) is 32.7 Å². The molecule has 1 aromatic carbocycles. The first-order valence-corrected chi connectivity index (χ1v) is 10.4. The molecule has 0 bridgehead atoms. The molecule has 1 N–H and O–H groups in total. The van der Waals surface area contributed by atoms with Crippen molar-refractivity contribution in [3.05, 3.63) is 58.0 Å². The second-order valence-electron chi connectivity index (χ2n) is 7.21. The van der Waals surface area contributed by atoms with Gasteiger partial charge in [-0.3, -0.25) is 9.89 Å². The van der Waals surface area contributed by atoms with Crippen molar-refractivity contribution in [3.63, 3.8) is 0 Å². The quantitative estimate of drug-likeness (QED) is 0.603. The fraction of sp³-hybridized carbons (Fsp3) is 0.476. The third kappa shape index (κ3) is 6.04. The van der Waals surface area contributed by atoms with E-state index in [9.17, 15) is 4.39 Å². The van der Waals surface area contributed by atoms with Gasteiger partial charge in [0.05, 0.1) is 0 Å². The number of aliphatic imine (C=N–C) groups is 1. The highest BCUT2D eigenvalue weighted by Crippen LogP contribution is 2.20. The Hall–Kier alpha value is -1.92. The lowest BCUT2D eigenvalue weighted by atomic mass is 9.97. The minimum atomic E-state index is -0.196. The maximum absolute atomic E-state index is 13.4. The predicted octanol–water partition coefficient (Wildman–Crippen LogP) is 3.81. The minimum Gasteiger partial charge on any atom is -0.356 e. The van der Waals surface area contributed by atoms with Gasteiger partial charge >= 0.3 is 0 Å². The van der Waals surface area contributed by atoms with E-state index in [1.165, 1.54) is 23.8 Å². The Bertz CT molecular complexity index is 724. The highest BCUT2D eigenvalue weighted by atomic mass is 32.1. The fourth-order valence-electron chi connectivity index (χ4n) is 3.58. The lowest BCUT2D eigenvalue weighted by molar-refractivity contribution is 0.179. The summed E-state index contributed by atoms with van der Waals surface area (Å²) in [6.45, 7) is 4.96. The molecule has 0 amide bonds. The highest BCUT2D eigenvalue weighted by molar-refractivity contribution is 7.09. The number of nitrogens with one attached hydrogen (secondary N) is 1. The zero-order valence-corrected chi connectivity index (χ0v) is 17.0. The Morgan fingerprint density at radius 2 is 2.11 bits per heavy atom. The smallest absolute Gasteiger partial charge is 0.193 e. The van der Waals surface area contributed by atoms with Crippen LogP contribution in [0.1, 0.15) is 23.3 Å². The molecule has 2 aromatic rings. The highest BCUT2D eigenvalue weighted by Gasteiger charge is 2.20. The molecule has 1 fully saturated rings. The lowest BCUT2D eigenvalue weighted by Gasteiger charge is -2.32. The number of halogens is 1. The van der Waals surface area contributed by atoms with E-state index in [0.29, 0.717) is 12.5 Å². The Labute approximate surface area is 165 Å². The number of likely N-dealkylation sites (tertiary alicyclic amines) is 1. The van der Waals surface area contributed by atoms with Crippen molar-refractivity contribution in [3.8, 4) is 0 Å². The van der Waals surface area contributed by atoms with Crippen LogP contribution in [0.4, 0.5) is 4.39 Å². The Kier molecular flexibility index (Phi) is 7.24. The van der Waals surface area contributed by atoms with Gasteiger partial charge in [0, 0.05) is 38.6 Å². The van der Waals surface area contributed by atoms with Gasteiger partial charge in [0.1, 0.15) is 5.82 Å². The molecule has 1 aromatic heterocycles. The van der Waals surface area contributed by atoms with Crippen LogP contribution in [-0.4, -0.2) is 49.5 Å². The molecule has 0 atom stereocenters. The molecule has 27 heavy (non-hydrogen) atoms. The van der Waals surface area contributed by atoms with E-state index >= 15 is 0 Å². The second-order valence-corrected chi connectivity index (χ2v) is 8.25. The summed E-state index contributed by atoms with van der Waals surface area (Å²) in [4.78, 5) is 10.4. The number of guanidine groups is 1. The number of rotatable bonds is 6. The summed E-state index contributed by atoms with van der Waals surface area (Å²) < 4.78 is 13.4. The number of nitrogens with zero attached hydrogens (tertiary/aromatic N) is 3. The second kappa shape index (κ2) is 9.85. The van der Waals surface area contributed by atoms with Gasteiger partial charge in [-0.05, 0) is 61.0 Å². The van der Waals surface area contributed by atoms with Crippen molar-refractivity contribution in [2.45, 2.75) is 25.9 Å². The summed E-state index contributed by atoms with van der Waals surface area (Å²) >= 11 is 1.84. The molecule has 0 saturated carbocycles. The standard InChI is InChI=1S/C21H29FN4S/c1-23-21(25(2)15-18-5-3-6-19(22)13-18)24-14-17-8-10-26(11-9-17)16-20-7-4-12-27-20/h3-7,12-13,17H,8-11,14-16H2,1-2H3,(H,23,24). The first-order chi connectivity index (χ1) is 13.1. The maximum atomic E-state index is 13.4. The van der Waals surface area contributed by atoms with Crippen molar-refractivity contribution in [1.82, 2.24) is 15.1 Å². The average Bonchev–Trinajstić information content (AvgIpc) is 3.16. The first-order valence-electron chi connectivity index (χ1n) is 9.55. The van der Waals surface area contributed by atoms with Crippen molar-refractivity contribution in [1.29, 1.82) is 0 Å². The van der Waals surface area contributed by atoms with Crippen LogP contribution in [-0.2, 0) is 13.1 Å². The van der Waals surface area contributed by atoms with E-state index in [-0.39, 0.29) is 5.82 Å². The normalized spacial score (nSPS) is 16.5. The van der Waals surface area contributed by atoms with Crippen LogP contribution in [0.2, 0.25) is 0 Å². The SMILES string of the molecule is CN=C(NCC1CCN(Cc2cccs2)CC1)N(C)Cc1cccc(F)c1. The molecule has 1 aliphatic heterocycles. The summed E-state index contributed by atoms with van der Waals surface area (Å²) in [5.74, 6) is 1.34. The topological polar surface area (TPSA) is 30.9 Å². The van der Waals surface area contributed by atoms with Crippen molar-refractivity contribution in [2.24, 2.45) is 10.9 Å². The van der Waals surface area contributed by atoms with Crippen LogP contribution >= 0.6 is 11.3 Å². The van der Waals surface area contributed by atoms with E-state index < -0.39 is 0 Å². The van der Waals surface area contributed by atoms with Gasteiger partial charge in [0.15, 0.2) is 5.96 Å². The molecule has 0 spiro atoms. The molecule has 3 rings (SSSR count). The summed E-state index contributed by atoms with van der Waals surface area (Å²) in [6, 6.07) is 11.1. The molecular weight excluding hydrogens is 359 g/mol. The molecule has 4 nitrogen and oxygen atoms in total. The lowest BCUT2D eigenvalue weighted by Crippen LogP contribution is -2.43. The molecular formula is C21H29FN4S. The summed E-state index contributed by atoms with van der Waals surface area (Å²) in [5, 5.41) is 5.65. The van der Waals surface area contributed by atoms with Gasteiger partial charge in [-0.1, -0.05) is 18.2 Å². The number of hydrogen-bond acceptors (Lipinski definition) is 3. The average molecular weight is 389 g/mol. The van der Waals surface area contributed by atoms with Crippen LogP contribution in [0.25, 0.3) is 0 Å². The largest absolute Gasteiger partial charge is 0.356 e. The molecule has 146 valence electrons. The van der Waals surface area contributed by atoms with Crippen LogP contribution < -0.4 is 5.32 Å². The molecule has 1 aliphatic rings. The van der Waals surface area contributed by atoms with Crippen LogP contribution in [0.15, 0.2) is 46.8 Å². The van der Waals surface area contributed by atoms with Crippen molar-refractivity contribution < 1.29 is 4.39 Å². The fourth-order valence-corrected chi connectivity index (χ4v) is 4.32. The summed E-state index contributed by atoms with van der Waals surface area (Å²) in [6.07, 6.45) is 2.42. The maximum Gasteiger partial charge on any atom is 0.193 e. The predicted molar refractivity (Wildman–Crippen MR) is 112 cm³/mol. The number of hydrogen-bond donors (Lipinski definition) is 1. The number of thiophene rings is 1. The number of benzene rings is 1. The summed E-state index contributed by atoms with van der Waals surface area (Å²) in [7, 11) is 3.79. The zero-order chi connectivity index (χ0) is 19.1. The van der Waals surface area contributed by atoms with Gasteiger partial charge in [-0.25, -0.2) is 4.39 Å². The van der Waals surface area contributed by atoms with Crippen molar-refractivity contribution in [2.75, 3.05) is 33.7 Å². The Morgan fingerprint density at radius 3 is 2.78 bits per heavy atom. The molecule has 0 radical (unpaired) electrons. The molecule has 0 unspecified atom stereocenters. The van der Waals surface area contributed by atoms with Gasteiger partial charge in [0.2, 0.25) is 0 Å². The van der Waals surface area contributed by atoms with Gasteiger partial charge in [-0.15, -0.1) is 11.3 Å². The van der Waals surface area contributed by atoms with Crippen LogP contribution in [0.3, 0.4) is 0 Å². The van der Waals surface area contributed by atoms with E-state index in [1.54, 1.807) is 19.2 Å². The molecule has 0 aliphatic carbocycles. The molecule has 6 heteroatoms. The number of piperidine rings is 1. The first kappa shape index (κ1) is 19.8. The van der Waals surface area contributed by atoms with Crippen LogP contribution in [0.5, 0.6) is 0 Å².